The Morgan fingerprint density at radius 2 is 1.36 bits per heavy atom. The molecule has 0 saturated heterocycles. The van der Waals surface area contributed by atoms with Crippen LogP contribution in [0.3, 0.4) is 0 Å². The third-order valence-corrected chi connectivity index (χ3v) is 3.89. The maximum absolute atomic E-state index is 12.6. The van der Waals surface area contributed by atoms with Crippen LogP contribution in [0.25, 0.3) is 0 Å². The van der Waals surface area contributed by atoms with Crippen LogP contribution in [-0.4, -0.2) is 11.8 Å². The SMILES string of the molecule is N#CCC(=O)Nc1ccccc1C(=O)Nc1ccc(Nc2ccccc2)cc1. The number of amides is 2. The van der Waals surface area contributed by atoms with E-state index in [0.29, 0.717) is 16.9 Å². The van der Waals surface area contributed by atoms with E-state index in [-0.39, 0.29) is 12.3 Å². The van der Waals surface area contributed by atoms with Crippen molar-refractivity contribution in [3.8, 4) is 6.07 Å². The quantitative estimate of drug-likeness (QED) is 0.594. The second-order valence-corrected chi connectivity index (χ2v) is 5.95. The topological polar surface area (TPSA) is 94.0 Å². The zero-order valence-corrected chi connectivity index (χ0v) is 15.0. The van der Waals surface area contributed by atoms with Crippen molar-refractivity contribution in [2.45, 2.75) is 6.42 Å². The molecule has 0 aliphatic heterocycles. The highest BCUT2D eigenvalue weighted by Gasteiger charge is 2.13. The number of carbonyl (C=O) groups is 2. The normalized spacial score (nSPS) is 9.82. The molecule has 0 unspecified atom stereocenters. The zero-order valence-electron chi connectivity index (χ0n) is 15.0. The van der Waals surface area contributed by atoms with Gasteiger partial charge in [0, 0.05) is 17.1 Å². The van der Waals surface area contributed by atoms with E-state index in [9.17, 15) is 9.59 Å². The molecule has 0 aromatic heterocycles. The smallest absolute Gasteiger partial charge is 0.257 e. The van der Waals surface area contributed by atoms with Crippen LogP contribution in [0.5, 0.6) is 0 Å². The van der Waals surface area contributed by atoms with Crippen molar-refractivity contribution in [3.05, 3.63) is 84.4 Å². The first kappa shape index (κ1) is 18.7. The maximum atomic E-state index is 12.6. The molecule has 0 spiro atoms. The molecule has 3 N–H and O–H groups in total. The minimum Gasteiger partial charge on any atom is -0.356 e. The van der Waals surface area contributed by atoms with Crippen molar-refractivity contribution in [2.24, 2.45) is 0 Å². The van der Waals surface area contributed by atoms with Gasteiger partial charge in [-0.2, -0.15) is 5.26 Å². The molecule has 2 amide bonds. The fourth-order valence-corrected chi connectivity index (χ4v) is 2.58. The molecular formula is C22H18N4O2. The van der Waals surface area contributed by atoms with Crippen molar-refractivity contribution >= 4 is 34.6 Å². The zero-order chi connectivity index (χ0) is 19.8. The molecule has 6 nitrogen and oxygen atoms in total. The van der Waals surface area contributed by atoms with E-state index in [0.717, 1.165) is 11.4 Å². The number of benzene rings is 3. The largest absolute Gasteiger partial charge is 0.356 e. The van der Waals surface area contributed by atoms with Crippen LogP contribution in [0.1, 0.15) is 16.8 Å². The molecule has 3 rings (SSSR count). The van der Waals surface area contributed by atoms with E-state index < -0.39 is 5.91 Å². The van der Waals surface area contributed by atoms with Gasteiger partial charge in [-0.25, -0.2) is 0 Å². The van der Waals surface area contributed by atoms with E-state index >= 15 is 0 Å². The molecule has 0 saturated carbocycles. The van der Waals surface area contributed by atoms with Crippen LogP contribution in [-0.2, 0) is 4.79 Å². The number of rotatable bonds is 6. The average Bonchev–Trinajstić information content (AvgIpc) is 2.71. The highest BCUT2D eigenvalue weighted by Crippen LogP contribution is 2.21. The van der Waals surface area contributed by atoms with Crippen molar-refractivity contribution in [2.75, 3.05) is 16.0 Å². The van der Waals surface area contributed by atoms with Gasteiger partial charge in [0.1, 0.15) is 6.42 Å². The number of nitrogens with one attached hydrogen (secondary N) is 3. The van der Waals surface area contributed by atoms with E-state index in [4.69, 9.17) is 5.26 Å². The number of hydrogen-bond acceptors (Lipinski definition) is 4. The lowest BCUT2D eigenvalue weighted by Gasteiger charge is -2.11. The van der Waals surface area contributed by atoms with Crippen molar-refractivity contribution in [3.63, 3.8) is 0 Å². The molecule has 0 aliphatic carbocycles. The van der Waals surface area contributed by atoms with Gasteiger partial charge < -0.3 is 16.0 Å². The highest BCUT2D eigenvalue weighted by molar-refractivity contribution is 6.10. The van der Waals surface area contributed by atoms with E-state index in [1.54, 1.807) is 42.5 Å². The summed E-state index contributed by atoms with van der Waals surface area (Å²) < 4.78 is 0. The van der Waals surface area contributed by atoms with Gasteiger partial charge in [0.25, 0.3) is 5.91 Å². The average molecular weight is 370 g/mol. The van der Waals surface area contributed by atoms with Gasteiger partial charge in [-0.1, -0.05) is 30.3 Å². The first-order valence-electron chi connectivity index (χ1n) is 8.65. The number of nitrogens with zero attached hydrogens (tertiary/aromatic N) is 1. The molecule has 0 heterocycles. The second kappa shape index (κ2) is 9.01. The molecule has 0 aliphatic rings. The van der Waals surface area contributed by atoms with Crippen molar-refractivity contribution in [1.29, 1.82) is 5.26 Å². The number of anilines is 4. The Bertz CT molecular complexity index is 1010. The summed E-state index contributed by atoms with van der Waals surface area (Å²) in [5, 5.41) is 17.3. The van der Waals surface area contributed by atoms with Gasteiger partial charge >= 0.3 is 0 Å². The summed E-state index contributed by atoms with van der Waals surface area (Å²) in [4.78, 5) is 24.3. The highest BCUT2D eigenvalue weighted by atomic mass is 16.2. The Labute approximate surface area is 162 Å². The number of hydrogen-bond donors (Lipinski definition) is 3. The van der Waals surface area contributed by atoms with Gasteiger partial charge in [0.2, 0.25) is 5.91 Å². The molecule has 0 atom stereocenters. The Morgan fingerprint density at radius 1 is 0.750 bits per heavy atom. The first-order valence-corrected chi connectivity index (χ1v) is 8.65. The fraction of sp³-hybridized carbons (Fsp3) is 0.0455. The second-order valence-electron chi connectivity index (χ2n) is 5.95. The van der Waals surface area contributed by atoms with E-state index in [2.05, 4.69) is 16.0 Å². The van der Waals surface area contributed by atoms with Crippen LogP contribution in [0.15, 0.2) is 78.9 Å². The standard InChI is InChI=1S/C22H18N4O2/c23-15-14-21(27)26-20-9-5-4-8-19(20)22(28)25-18-12-10-17(11-13-18)24-16-6-2-1-3-7-16/h1-13,24H,14H2,(H,25,28)(H,26,27). The first-order chi connectivity index (χ1) is 13.7. The third kappa shape index (κ3) is 4.96. The summed E-state index contributed by atoms with van der Waals surface area (Å²) >= 11 is 0. The van der Waals surface area contributed by atoms with Crippen molar-refractivity contribution in [1.82, 2.24) is 0 Å². The summed E-state index contributed by atoms with van der Waals surface area (Å²) in [6.45, 7) is 0. The number of para-hydroxylation sites is 2. The number of carbonyl (C=O) groups excluding carboxylic acids is 2. The third-order valence-electron chi connectivity index (χ3n) is 3.89. The van der Waals surface area contributed by atoms with Crippen LogP contribution < -0.4 is 16.0 Å². The Hall–Kier alpha value is -4.11. The minimum atomic E-state index is -0.459. The molecule has 6 heteroatoms. The maximum Gasteiger partial charge on any atom is 0.257 e. The molecule has 3 aromatic carbocycles. The molecule has 3 aromatic rings. The Morgan fingerprint density at radius 3 is 2.07 bits per heavy atom. The van der Waals surface area contributed by atoms with E-state index in [1.165, 1.54) is 0 Å². The fourth-order valence-electron chi connectivity index (χ4n) is 2.58. The van der Waals surface area contributed by atoms with Gasteiger partial charge in [0.15, 0.2) is 0 Å². The van der Waals surface area contributed by atoms with E-state index in [1.807, 2.05) is 42.5 Å². The summed E-state index contributed by atoms with van der Waals surface area (Å²) in [5.41, 5.74) is 3.18. The monoisotopic (exact) mass is 370 g/mol. The predicted octanol–water partition coefficient (Wildman–Crippen LogP) is 4.53. The lowest BCUT2D eigenvalue weighted by Crippen LogP contribution is -2.17. The van der Waals surface area contributed by atoms with Crippen LogP contribution in [0, 0.1) is 11.3 Å². The molecular weight excluding hydrogens is 352 g/mol. The predicted molar refractivity (Wildman–Crippen MR) is 109 cm³/mol. The van der Waals surface area contributed by atoms with Crippen molar-refractivity contribution < 1.29 is 9.59 Å². The molecule has 0 radical (unpaired) electrons. The minimum absolute atomic E-state index is 0.272. The lowest BCUT2D eigenvalue weighted by molar-refractivity contribution is -0.115. The Balaban J connectivity index is 1.68. The molecule has 28 heavy (non-hydrogen) atoms. The van der Waals surface area contributed by atoms with Crippen LogP contribution in [0.4, 0.5) is 22.7 Å². The number of nitriles is 1. The summed E-state index contributed by atoms with van der Waals surface area (Å²) in [7, 11) is 0. The molecule has 0 bridgehead atoms. The lowest BCUT2D eigenvalue weighted by atomic mass is 10.1. The van der Waals surface area contributed by atoms with Gasteiger partial charge in [-0.15, -0.1) is 0 Å². The van der Waals surface area contributed by atoms with Gasteiger partial charge in [-0.05, 0) is 48.5 Å². The summed E-state index contributed by atoms with van der Waals surface area (Å²) in [6.07, 6.45) is -0.272. The van der Waals surface area contributed by atoms with Crippen LogP contribution in [0.2, 0.25) is 0 Å². The molecule has 138 valence electrons. The van der Waals surface area contributed by atoms with Gasteiger partial charge in [0.05, 0.1) is 17.3 Å². The van der Waals surface area contributed by atoms with Crippen LogP contribution >= 0.6 is 0 Å². The molecule has 0 fully saturated rings. The summed E-state index contributed by atoms with van der Waals surface area (Å²) in [5.74, 6) is -0.810. The van der Waals surface area contributed by atoms with Gasteiger partial charge in [-0.3, -0.25) is 9.59 Å². The Kier molecular flexibility index (Phi) is 6.01. The summed E-state index contributed by atoms with van der Waals surface area (Å²) in [6, 6.07) is 25.5.